The maximum Gasteiger partial charge on any atom is 0.157 e. The third-order valence-electron chi connectivity index (χ3n) is 6.92. The third kappa shape index (κ3) is 3.73. The highest BCUT2D eigenvalue weighted by atomic mass is 19.1. The van der Waals surface area contributed by atoms with Crippen molar-refractivity contribution in [2.75, 3.05) is 13.1 Å². The molecule has 2 bridgehead atoms. The molecular formula is C28H30FN3. The van der Waals surface area contributed by atoms with E-state index >= 15 is 4.39 Å². The molecule has 1 N–H and O–H groups in total. The average Bonchev–Trinajstić information content (AvgIpc) is 3.16. The van der Waals surface area contributed by atoms with Gasteiger partial charge in [-0.15, -0.1) is 0 Å². The summed E-state index contributed by atoms with van der Waals surface area (Å²) in [5.41, 5.74) is 4.46. The summed E-state index contributed by atoms with van der Waals surface area (Å²) in [6.45, 7) is 10.2. The molecule has 32 heavy (non-hydrogen) atoms. The van der Waals surface area contributed by atoms with Crippen LogP contribution < -0.4 is 5.32 Å². The number of likely N-dealkylation sites (tertiary alicyclic amines) is 1. The summed E-state index contributed by atoms with van der Waals surface area (Å²) in [5, 5.41) is 5.80. The zero-order valence-electron chi connectivity index (χ0n) is 18.9. The van der Waals surface area contributed by atoms with Crippen LogP contribution in [0.4, 0.5) is 10.1 Å². The Morgan fingerprint density at radius 3 is 2.50 bits per heavy atom. The van der Waals surface area contributed by atoms with E-state index in [-0.39, 0.29) is 5.82 Å². The van der Waals surface area contributed by atoms with E-state index < -0.39 is 0 Å². The summed E-state index contributed by atoms with van der Waals surface area (Å²) >= 11 is 0. The second-order valence-corrected chi connectivity index (χ2v) is 9.04. The number of nitrogens with one attached hydrogen (secondary N) is 1. The minimum absolute atomic E-state index is 0.272. The van der Waals surface area contributed by atoms with E-state index in [0.717, 1.165) is 52.8 Å². The number of fused-ring (bicyclic) bond motifs is 3. The van der Waals surface area contributed by atoms with Crippen LogP contribution in [0.2, 0.25) is 0 Å². The lowest BCUT2D eigenvalue weighted by atomic mass is 9.95. The van der Waals surface area contributed by atoms with Crippen molar-refractivity contribution in [3.05, 3.63) is 72.6 Å². The predicted octanol–water partition coefficient (Wildman–Crippen LogP) is 6.56. The Balaban J connectivity index is 1.62. The molecule has 2 heterocycles. The minimum atomic E-state index is -0.272. The molecule has 2 aliphatic rings. The molecule has 5 rings (SSSR count). The fraction of sp³-hybridized carbons (Fsp3) is 0.321. The van der Waals surface area contributed by atoms with Crippen LogP contribution in [0.15, 0.2) is 66.2 Å². The van der Waals surface area contributed by atoms with Gasteiger partial charge >= 0.3 is 0 Å². The lowest BCUT2D eigenvalue weighted by molar-refractivity contribution is 0.276. The molecule has 164 valence electrons. The van der Waals surface area contributed by atoms with Crippen LogP contribution in [-0.2, 0) is 0 Å². The fourth-order valence-electron chi connectivity index (χ4n) is 5.03. The van der Waals surface area contributed by atoms with Crippen molar-refractivity contribution in [2.24, 2.45) is 4.99 Å². The Morgan fingerprint density at radius 2 is 1.75 bits per heavy atom. The van der Waals surface area contributed by atoms with E-state index in [2.05, 4.69) is 28.9 Å². The lowest BCUT2D eigenvalue weighted by Crippen LogP contribution is -2.50. The van der Waals surface area contributed by atoms with Gasteiger partial charge in [0.2, 0.25) is 0 Å². The summed E-state index contributed by atoms with van der Waals surface area (Å²) in [6, 6.07) is 19.1. The van der Waals surface area contributed by atoms with Crippen molar-refractivity contribution in [1.82, 2.24) is 10.2 Å². The van der Waals surface area contributed by atoms with Gasteiger partial charge < -0.3 is 10.2 Å². The molecule has 3 aromatic rings. The molecule has 0 amide bonds. The van der Waals surface area contributed by atoms with Crippen LogP contribution in [0, 0.1) is 5.82 Å². The first-order chi connectivity index (χ1) is 15.5. The fourth-order valence-corrected chi connectivity index (χ4v) is 5.03. The molecule has 3 aromatic carbocycles. The lowest BCUT2D eigenvalue weighted by Gasteiger charge is -2.36. The van der Waals surface area contributed by atoms with Crippen LogP contribution in [0.5, 0.6) is 0 Å². The number of rotatable bonds is 5. The van der Waals surface area contributed by atoms with Gasteiger partial charge in [0, 0.05) is 47.7 Å². The number of halogens is 1. The van der Waals surface area contributed by atoms with Crippen molar-refractivity contribution in [3.63, 3.8) is 0 Å². The molecule has 0 radical (unpaired) electrons. The highest BCUT2D eigenvalue weighted by Crippen LogP contribution is 2.39. The van der Waals surface area contributed by atoms with Gasteiger partial charge in [0.05, 0.1) is 0 Å². The van der Waals surface area contributed by atoms with Gasteiger partial charge in [-0.2, -0.15) is 0 Å². The number of piperazine rings is 1. The summed E-state index contributed by atoms with van der Waals surface area (Å²) in [4.78, 5) is 7.06. The summed E-state index contributed by atoms with van der Waals surface area (Å²) in [6.07, 6.45) is 3.17. The van der Waals surface area contributed by atoms with E-state index in [0.29, 0.717) is 23.3 Å². The van der Waals surface area contributed by atoms with Crippen molar-refractivity contribution in [2.45, 2.75) is 45.2 Å². The number of benzene rings is 3. The molecule has 2 atom stereocenters. The second kappa shape index (κ2) is 8.51. The monoisotopic (exact) mass is 427 g/mol. The molecular weight excluding hydrogens is 397 g/mol. The number of hydrogen-bond acceptors (Lipinski definition) is 3. The van der Waals surface area contributed by atoms with Crippen LogP contribution in [0.25, 0.3) is 27.6 Å². The van der Waals surface area contributed by atoms with Gasteiger partial charge in [-0.25, -0.2) is 4.39 Å². The Kier molecular flexibility index (Phi) is 5.56. The van der Waals surface area contributed by atoms with Gasteiger partial charge in [0.15, 0.2) is 5.82 Å². The highest BCUT2D eigenvalue weighted by Gasteiger charge is 2.33. The standard InChI is InChI=1S/C28H30FN3/c1-4-18(2)30-28-23(19(3)32-16-21-12-13-22(17-32)31-21)14-15-26(27(28)29)25-11-7-9-20-8-5-6-10-24(20)25/h5-11,14-15,21-22,31H,3-4,12-13,16-17H2,1-2H3/b30-18+. The quantitative estimate of drug-likeness (QED) is 0.467. The highest BCUT2D eigenvalue weighted by molar-refractivity contribution is 5.98. The van der Waals surface area contributed by atoms with Crippen LogP contribution in [0.1, 0.15) is 38.7 Å². The number of hydrogen-bond donors (Lipinski definition) is 1. The minimum Gasteiger partial charge on any atom is -0.368 e. The zero-order valence-corrected chi connectivity index (χ0v) is 18.9. The first-order valence-electron chi connectivity index (χ1n) is 11.6. The first kappa shape index (κ1) is 20.9. The van der Waals surface area contributed by atoms with Crippen molar-refractivity contribution >= 4 is 27.9 Å². The van der Waals surface area contributed by atoms with Crippen molar-refractivity contribution in [3.8, 4) is 11.1 Å². The molecule has 2 saturated heterocycles. The molecule has 0 aromatic heterocycles. The third-order valence-corrected chi connectivity index (χ3v) is 6.92. The molecule has 0 aliphatic carbocycles. The maximum absolute atomic E-state index is 16.2. The van der Waals surface area contributed by atoms with Gasteiger partial charge in [0.1, 0.15) is 5.69 Å². The molecule has 2 aliphatic heterocycles. The Hall–Kier alpha value is -2.98. The largest absolute Gasteiger partial charge is 0.368 e. The zero-order chi connectivity index (χ0) is 22.2. The average molecular weight is 428 g/mol. The smallest absolute Gasteiger partial charge is 0.157 e. The topological polar surface area (TPSA) is 27.6 Å². The Labute approximate surface area is 189 Å². The number of nitrogens with zero attached hydrogens (tertiary/aromatic N) is 2. The summed E-state index contributed by atoms with van der Waals surface area (Å²) in [7, 11) is 0. The molecule has 4 heteroatoms. The Morgan fingerprint density at radius 1 is 1.03 bits per heavy atom. The molecule has 2 fully saturated rings. The van der Waals surface area contributed by atoms with Crippen molar-refractivity contribution < 1.29 is 4.39 Å². The number of aliphatic imine (C=N–C) groups is 1. The van der Waals surface area contributed by atoms with E-state index in [1.165, 1.54) is 12.8 Å². The van der Waals surface area contributed by atoms with Crippen molar-refractivity contribution in [1.29, 1.82) is 0 Å². The predicted molar refractivity (Wildman–Crippen MR) is 133 cm³/mol. The van der Waals surface area contributed by atoms with E-state index in [1.54, 1.807) is 0 Å². The Bertz CT molecular complexity index is 1200. The molecule has 0 saturated carbocycles. The normalized spacial score (nSPS) is 20.7. The first-order valence-corrected chi connectivity index (χ1v) is 11.6. The van der Waals surface area contributed by atoms with E-state index in [9.17, 15) is 0 Å². The molecule has 0 spiro atoms. The summed E-state index contributed by atoms with van der Waals surface area (Å²) in [5.74, 6) is -0.272. The molecule has 2 unspecified atom stereocenters. The van der Waals surface area contributed by atoms with Gasteiger partial charge in [-0.1, -0.05) is 62.0 Å². The van der Waals surface area contributed by atoms with Crippen LogP contribution >= 0.6 is 0 Å². The molecule has 3 nitrogen and oxygen atoms in total. The maximum atomic E-state index is 16.2. The van der Waals surface area contributed by atoms with Crippen LogP contribution in [0.3, 0.4) is 0 Å². The second-order valence-electron chi connectivity index (χ2n) is 9.04. The van der Waals surface area contributed by atoms with Gasteiger partial charge in [-0.3, -0.25) is 4.99 Å². The van der Waals surface area contributed by atoms with E-state index in [4.69, 9.17) is 4.99 Å². The van der Waals surface area contributed by atoms with Gasteiger partial charge in [-0.05, 0) is 48.6 Å². The van der Waals surface area contributed by atoms with E-state index in [1.807, 2.05) is 56.3 Å². The summed E-state index contributed by atoms with van der Waals surface area (Å²) < 4.78 is 16.2. The van der Waals surface area contributed by atoms with Gasteiger partial charge in [0.25, 0.3) is 0 Å². The van der Waals surface area contributed by atoms with Crippen LogP contribution in [-0.4, -0.2) is 35.8 Å². The SMILES string of the molecule is C=C(c1ccc(-c2cccc3ccccc23)c(F)c1/N=C(\C)CC)N1CC2CCC(C1)N2.